The predicted octanol–water partition coefficient (Wildman–Crippen LogP) is 4.46. The lowest BCUT2D eigenvalue weighted by molar-refractivity contribution is -0.153. The zero-order valence-electron chi connectivity index (χ0n) is 25.6. The summed E-state index contributed by atoms with van der Waals surface area (Å²) in [6.07, 6.45) is -1.21. The Hall–Kier alpha value is -3.32. The lowest BCUT2D eigenvalue weighted by Crippen LogP contribution is -2.48. The average Bonchev–Trinajstić information content (AvgIpc) is 3.72. The number of carbonyl (C=O) groups excluding carboxylic acids is 2. The number of nitrogens with one attached hydrogen (secondary N) is 1. The average molecular weight is 615 g/mol. The Kier molecular flexibility index (Phi) is 11.3. The van der Waals surface area contributed by atoms with E-state index in [4.69, 9.17) is 18.7 Å². The molecule has 3 aromatic rings. The predicted molar refractivity (Wildman–Crippen MR) is 162 cm³/mol. The molecule has 0 bridgehead atoms. The van der Waals surface area contributed by atoms with Gasteiger partial charge >= 0.3 is 0 Å². The Morgan fingerprint density at radius 2 is 1.86 bits per heavy atom. The molecule has 11 nitrogen and oxygen atoms in total. The molecule has 4 rings (SSSR count). The number of aliphatic hydroxyl groups is 1. The minimum atomic E-state index is -0.817. The summed E-state index contributed by atoms with van der Waals surface area (Å²) in [4.78, 5) is 34.2. The van der Waals surface area contributed by atoms with Crippen molar-refractivity contribution < 1.29 is 33.4 Å². The zero-order valence-corrected chi connectivity index (χ0v) is 26.4. The van der Waals surface area contributed by atoms with Crippen LogP contribution in [0.1, 0.15) is 70.0 Å². The van der Waals surface area contributed by atoms with E-state index in [0.717, 1.165) is 21.7 Å². The van der Waals surface area contributed by atoms with Gasteiger partial charge in [0.1, 0.15) is 18.6 Å². The number of benzene rings is 1. The Balaban J connectivity index is 1.43. The molecule has 2 N–H and O–H groups in total. The summed E-state index contributed by atoms with van der Waals surface area (Å²) in [5.74, 6) is -0.993. The summed E-state index contributed by atoms with van der Waals surface area (Å²) in [6.45, 7) is 12.5. The van der Waals surface area contributed by atoms with Gasteiger partial charge in [0, 0.05) is 32.2 Å². The van der Waals surface area contributed by atoms with E-state index in [0.29, 0.717) is 19.0 Å². The monoisotopic (exact) mass is 614 g/mol. The molecule has 234 valence electrons. The molecule has 3 heterocycles. The third-order valence-corrected chi connectivity index (χ3v) is 8.44. The Morgan fingerprint density at radius 1 is 1.16 bits per heavy atom. The standard InChI is InChI=1S/C31H42N4O7S/c1-7-39-27(40-8-2)16-41-26-14-25(42-34-26)28(18(3)4)31(38)35-15-23(36)13-24(35)30(37)33-19(5)21-9-11-22(12-10-21)29-20(6)32-17-43-29/h9-12,14,17-19,23-24,27-28,36H,7-8,13,15-16H2,1-6H3,(H,33,37)/t19-,23+,24-,28?/m0/s1. The first-order valence-corrected chi connectivity index (χ1v) is 15.6. The summed E-state index contributed by atoms with van der Waals surface area (Å²) in [5.41, 5.74) is 4.81. The van der Waals surface area contributed by atoms with Crippen LogP contribution in [0.5, 0.6) is 5.88 Å². The lowest BCUT2D eigenvalue weighted by Gasteiger charge is -2.29. The van der Waals surface area contributed by atoms with Crippen LogP contribution in [-0.4, -0.2) is 76.8 Å². The van der Waals surface area contributed by atoms with Crippen molar-refractivity contribution in [2.75, 3.05) is 26.4 Å². The highest BCUT2D eigenvalue weighted by Gasteiger charge is 2.43. The quantitative estimate of drug-likeness (QED) is 0.252. The van der Waals surface area contributed by atoms with E-state index < -0.39 is 24.4 Å². The molecule has 0 saturated carbocycles. The molecule has 1 unspecified atom stereocenters. The van der Waals surface area contributed by atoms with Gasteiger partial charge in [0.15, 0.2) is 12.1 Å². The van der Waals surface area contributed by atoms with Gasteiger partial charge in [-0.15, -0.1) is 11.3 Å². The summed E-state index contributed by atoms with van der Waals surface area (Å²) in [6, 6.07) is 8.46. The molecule has 43 heavy (non-hydrogen) atoms. The Morgan fingerprint density at radius 3 is 2.47 bits per heavy atom. The van der Waals surface area contributed by atoms with Crippen molar-refractivity contribution in [2.24, 2.45) is 5.92 Å². The van der Waals surface area contributed by atoms with Crippen molar-refractivity contribution in [3.8, 4) is 16.3 Å². The van der Waals surface area contributed by atoms with Gasteiger partial charge in [-0.25, -0.2) is 4.98 Å². The number of aromatic nitrogens is 2. The molecule has 0 aliphatic carbocycles. The molecule has 0 radical (unpaired) electrons. The Bertz CT molecular complexity index is 1340. The molecule has 0 spiro atoms. The van der Waals surface area contributed by atoms with Crippen LogP contribution in [-0.2, 0) is 19.1 Å². The SMILES string of the molecule is CCOC(COc1cc(C(C(=O)N2C[C@H](O)C[C@H]2C(=O)N[C@@H](C)c2ccc(-c3scnc3C)cc2)C(C)C)on1)OCC. The second-order valence-electron chi connectivity index (χ2n) is 11.0. The van der Waals surface area contributed by atoms with Gasteiger partial charge in [0.05, 0.1) is 28.2 Å². The van der Waals surface area contributed by atoms with Crippen LogP contribution >= 0.6 is 11.3 Å². The van der Waals surface area contributed by atoms with Crippen molar-refractivity contribution >= 4 is 23.2 Å². The largest absolute Gasteiger partial charge is 0.470 e. The van der Waals surface area contributed by atoms with Crippen LogP contribution in [0, 0.1) is 12.8 Å². The second kappa shape index (κ2) is 14.9. The van der Waals surface area contributed by atoms with E-state index in [1.807, 2.05) is 71.3 Å². The number of nitrogens with zero attached hydrogens (tertiary/aromatic N) is 3. The highest BCUT2D eigenvalue weighted by atomic mass is 32.1. The van der Waals surface area contributed by atoms with Crippen molar-refractivity contribution in [1.82, 2.24) is 20.4 Å². The van der Waals surface area contributed by atoms with Crippen LogP contribution in [0.3, 0.4) is 0 Å². The summed E-state index contributed by atoms with van der Waals surface area (Å²) >= 11 is 1.59. The number of aliphatic hydroxyl groups excluding tert-OH is 1. The highest BCUT2D eigenvalue weighted by Crippen LogP contribution is 2.33. The molecule has 2 amide bonds. The zero-order chi connectivity index (χ0) is 31.1. The number of amides is 2. The summed E-state index contributed by atoms with van der Waals surface area (Å²) in [7, 11) is 0. The van der Waals surface area contributed by atoms with E-state index in [-0.39, 0.29) is 49.2 Å². The van der Waals surface area contributed by atoms with Gasteiger partial charge in [-0.3, -0.25) is 9.59 Å². The van der Waals surface area contributed by atoms with E-state index in [1.165, 1.54) is 4.90 Å². The van der Waals surface area contributed by atoms with E-state index >= 15 is 0 Å². The molecule has 1 saturated heterocycles. The summed E-state index contributed by atoms with van der Waals surface area (Å²) in [5, 5.41) is 17.5. The van der Waals surface area contributed by atoms with Crippen molar-refractivity contribution in [3.05, 3.63) is 52.9 Å². The van der Waals surface area contributed by atoms with E-state index in [2.05, 4.69) is 15.5 Å². The third kappa shape index (κ3) is 7.99. The van der Waals surface area contributed by atoms with Crippen LogP contribution in [0.2, 0.25) is 0 Å². The fraction of sp³-hybridized carbons (Fsp3) is 0.548. The van der Waals surface area contributed by atoms with Gasteiger partial charge < -0.3 is 34.1 Å². The number of rotatable bonds is 14. The molecule has 1 aromatic carbocycles. The lowest BCUT2D eigenvalue weighted by atomic mass is 9.91. The first-order valence-electron chi connectivity index (χ1n) is 14.7. The molecule has 1 fully saturated rings. The second-order valence-corrected chi connectivity index (χ2v) is 11.8. The molecule has 4 atom stereocenters. The Labute approximate surface area is 256 Å². The topological polar surface area (TPSA) is 136 Å². The number of hydrogen-bond donors (Lipinski definition) is 2. The smallest absolute Gasteiger partial charge is 0.254 e. The number of β-amino-alcohol motifs (C(OH)–C–C–N with tert-alkyl or cyclic N) is 1. The van der Waals surface area contributed by atoms with E-state index in [1.54, 1.807) is 17.4 Å². The van der Waals surface area contributed by atoms with Crippen LogP contribution in [0.15, 0.2) is 40.4 Å². The summed E-state index contributed by atoms with van der Waals surface area (Å²) < 4.78 is 22.2. The number of thiazole rings is 1. The van der Waals surface area contributed by atoms with Gasteiger partial charge in [0.25, 0.3) is 5.88 Å². The fourth-order valence-electron chi connectivity index (χ4n) is 5.27. The van der Waals surface area contributed by atoms with Crippen LogP contribution in [0.25, 0.3) is 10.4 Å². The minimum Gasteiger partial charge on any atom is -0.470 e. The first-order chi connectivity index (χ1) is 20.6. The maximum atomic E-state index is 13.9. The number of carbonyl (C=O) groups is 2. The van der Waals surface area contributed by atoms with Gasteiger partial charge in [-0.2, -0.15) is 0 Å². The molecular formula is C31H42N4O7S. The first kappa shape index (κ1) is 32.6. The van der Waals surface area contributed by atoms with Crippen molar-refractivity contribution in [3.63, 3.8) is 0 Å². The molecular weight excluding hydrogens is 572 g/mol. The molecule has 2 aromatic heterocycles. The number of aryl methyl sites for hydroxylation is 1. The normalized spacial score (nSPS) is 18.3. The fourth-order valence-corrected chi connectivity index (χ4v) is 6.08. The molecule has 1 aliphatic heterocycles. The molecule has 12 heteroatoms. The van der Waals surface area contributed by atoms with Crippen molar-refractivity contribution in [1.29, 1.82) is 0 Å². The highest BCUT2D eigenvalue weighted by molar-refractivity contribution is 7.13. The number of hydrogen-bond acceptors (Lipinski definition) is 10. The number of ether oxygens (including phenoxy) is 3. The third-order valence-electron chi connectivity index (χ3n) is 7.46. The van der Waals surface area contributed by atoms with Crippen molar-refractivity contribution in [2.45, 2.75) is 78.4 Å². The van der Waals surface area contributed by atoms with Crippen LogP contribution in [0.4, 0.5) is 0 Å². The number of likely N-dealkylation sites (tertiary alicyclic amines) is 1. The van der Waals surface area contributed by atoms with Gasteiger partial charge in [0.2, 0.25) is 11.8 Å². The maximum absolute atomic E-state index is 13.9. The van der Waals surface area contributed by atoms with Crippen LogP contribution < -0.4 is 10.1 Å². The van der Waals surface area contributed by atoms with Gasteiger partial charge in [-0.1, -0.05) is 38.1 Å². The maximum Gasteiger partial charge on any atom is 0.254 e. The van der Waals surface area contributed by atoms with Gasteiger partial charge in [-0.05, 0) is 49.9 Å². The minimum absolute atomic E-state index is 0.0549. The molecule has 1 aliphatic rings. The van der Waals surface area contributed by atoms with E-state index in [9.17, 15) is 14.7 Å².